The zero-order valence-electron chi connectivity index (χ0n) is 10.7. The van der Waals surface area contributed by atoms with Crippen LogP contribution >= 0.6 is 0 Å². The number of nitro groups is 1. The molecule has 108 valence electrons. The second-order valence-electron chi connectivity index (χ2n) is 4.22. The van der Waals surface area contributed by atoms with Crippen LogP contribution in [0.25, 0.3) is 0 Å². The number of nitrogens with zero attached hydrogens (tertiary/aromatic N) is 2. The number of non-ortho nitro benzene ring substituents is 1. The Morgan fingerprint density at radius 3 is 2.55 bits per heavy atom. The molecule has 20 heavy (non-hydrogen) atoms. The van der Waals surface area contributed by atoms with Crippen LogP contribution in [-0.4, -0.2) is 45.6 Å². The van der Waals surface area contributed by atoms with Gasteiger partial charge < -0.3 is 10.2 Å². The first-order valence-electron chi connectivity index (χ1n) is 5.72. The molecule has 0 amide bonds. The Morgan fingerprint density at radius 1 is 1.40 bits per heavy atom. The molecule has 0 aliphatic rings. The summed E-state index contributed by atoms with van der Waals surface area (Å²) in [7, 11) is 1.46. The van der Waals surface area contributed by atoms with Crippen LogP contribution in [0.1, 0.15) is 18.0 Å². The van der Waals surface area contributed by atoms with E-state index in [2.05, 4.69) is 0 Å². The van der Waals surface area contributed by atoms with Gasteiger partial charge in [0.2, 0.25) is 0 Å². The molecule has 2 N–H and O–H groups in total. The Kier molecular flexibility index (Phi) is 5.15. The first kappa shape index (κ1) is 15.6. The third-order valence-corrected chi connectivity index (χ3v) is 2.75. The number of carboxylic acids is 2. The van der Waals surface area contributed by atoms with Gasteiger partial charge in [0, 0.05) is 18.7 Å². The van der Waals surface area contributed by atoms with Crippen molar-refractivity contribution in [1.82, 2.24) is 4.90 Å². The molecule has 0 saturated heterocycles. The minimum absolute atomic E-state index is 0.0228. The Bertz CT molecular complexity index is 530. The van der Waals surface area contributed by atoms with Crippen molar-refractivity contribution in [3.63, 3.8) is 0 Å². The second kappa shape index (κ2) is 6.62. The summed E-state index contributed by atoms with van der Waals surface area (Å²) < 4.78 is 0. The third-order valence-electron chi connectivity index (χ3n) is 2.75. The zero-order valence-corrected chi connectivity index (χ0v) is 10.7. The molecule has 1 atom stereocenters. The van der Waals surface area contributed by atoms with E-state index in [0.29, 0.717) is 0 Å². The molecule has 0 saturated carbocycles. The fourth-order valence-corrected chi connectivity index (χ4v) is 1.80. The van der Waals surface area contributed by atoms with Gasteiger partial charge in [0.05, 0.1) is 11.3 Å². The minimum Gasteiger partial charge on any atom is -0.481 e. The normalized spacial score (nSPS) is 12.1. The van der Waals surface area contributed by atoms with Crippen LogP contribution in [0.3, 0.4) is 0 Å². The van der Waals surface area contributed by atoms with Crippen molar-refractivity contribution in [2.24, 2.45) is 0 Å². The van der Waals surface area contributed by atoms with E-state index in [1.165, 1.54) is 36.2 Å². The molecule has 0 bridgehead atoms. The molecule has 0 heterocycles. The monoisotopic (exact) mass is 282 g/mol. The van der Waals surface area contributed by atoms with E-state index in [1.807, 2.05) is 0 Å². The Hall–Kier alpha value is -2.48. The summed E-state index contributed by atoms with van der Waals surface area (Å²) in [5.41, 5.74) is 0.0278. The quantitative estimate of drug-likeness (QED) is 0.567. The summed E-state index contributed by atoms with van der Waals surface area (Å²) in [5, 5.41) is 28.5. The number of hydrogen-bond donors (Lipinski definition) is 2. The maximum atomic E-state index is 11.3. The maximum absolute atomic E-state index is 11.3. The summed E-state index contributed by atoms with van der Waals surface area (Å²) >= 11 is 0. The minimum atomic E-state index is -1.20. The smallest absolute Gasteiger partial charge is 0.325 e. The highest BCUT2D eigenvalue weighted by molar-refractivity contribution is 5.76. The predicted molar refractivity (Wildman–Crippen MR) is 68.4 cm³/mol. The highest BCUT2D eigenvalue weighted by Crippen LogP contribution is 2.23. The lowest BCUT2D eigenvalue weighted by molar-refractivity contribution is -0.384. The topological polar surface area (TPSA) is 121 Å². The number of nitro benzene ring substituents is 1. The molecular formula is C12H14N2O6. The maximum Gasteiger partial charge on any atom is 0.325 e. The summed E-state index contributed by atoms with van der Waals surface area (Å²) in [6.07, 6.45) is -0.213. The van der Waals surface area contributed by atoms with Gasteiger partial charge in [0.25, 0.3) is 5.69 Å². The van der Waals surface area contributed by atoms with Crippen LogP contribution in [0.4, 0.5) is 5.69 Å². The van der Waals surface area contributed by atoms with Gasteiger partial charge in [-0.1, -0.05) is 12.1 Å². The molecule has 1 aromatic rings. The average molecular weight is 282 g/mol. The van der Waals surface area contributed by atoms with Gasteiger partial charge in [-0.25, -0.2) is 0 Å². The van der Waals surface area contributed by atoms with Crippen molar-refractivity contribution in [3.05, 3.63) is 39.9 Å². The lowest BCUT2D eigenvalue weighted by atomic mass is 10.0. The first-order chi connectivity index (χ1) is 9.32. The van der Waals surface area contributed by atoms with Crippen molar-refractivity contribution >= 4 is 17.6 Å². The number of aliphatic carboxylic acids is 2. The molecule has 1 unspecified atom stereocenters. The van der Waals surface area contributed by atoms with E-state index >= 15 is 0 Å². The molecule has 0 radical (unpaired) electrons. The van der Waals surface area contributed by atoms with Gasteiger partial charge >= 0.3 is 11.9 Å². The number of carboxylic acid groups (broad SMARTS) is 2. The predicted octanol–water partition coefficient (Wildman–Crippen LogP) is 1.13. The number of benzene rings is 1. The van der Waals surface area contributed by atoms with Gasteiger partial charge in [-0.05, 0) is 12.6 Å². The number of likely N-dealkylation sites (N-methyl/N-ethyl adjacent to an activating group) is 1. The van der Waals surface area contributed by atoms with E-state index < -0.39 is 22.9 Å². The van der Waals surface area contributed by atoms with Crippen molar-refractivity contribution in [3.8, 4) is 0 Å². The molecule has 1 rings (SSSR count). The molecule has 0 aliphatic carbocycles. The summed E-state index contributed by atoms with van der Waals surface area (Å²) in [6, 6.07) is 4.17. The molecule has 0 fully saturated rings. The Balaban J connectivity index is 3.01. The van der Waals surface area contributed by atoms with Crippen molar-refractivity contribution in [2.75, 3.05) is 13.6 Å². The average Bonchev–Trinajstić information content (AvgIpc) is 2.36. The summed E-state index contributed by atoms with van der Waals surface area (Å²) in [6.45, 7) is 0.0228. The molecule has 0 spiro atoms. The molecule has 8 nitrogen and oxygen atoms in total. The van der Waals surface area contributed by atoms with E-state index in [-0.39, 0.29) is 24.2 Å². The van der Waals surface area contributed by atoms with Gasteiger partial charge in [-0.15, -0.1) is 0 Å². The molecular weight excluding hydrogens is 268 g/mol. The molecule has 1 aromatic carbocycles. The van der Waals surface area contributed by atoms with Gasteiger partial charge in [-0.2, -0.15) is 0 Å². The molecule has 8 heteroatoms. The number of hydrogen-bond acceptors (Lipinski definition) is 5. The highest BCUT2D eigenvalue weighted by atomic mass is 16.6. The standard InChI is InChI=1S/C12H14N2O6/c1-13(6-5-10(15)16)11(12(17)18)8-3-2-4-9(7-8)14(19)20/h2-4,7,11H,5-6H2,1H3,(H,15,16)(H,17,18). The second-order valence-corrected chi connectivity index (χ2v) is 4.22. The highest BCUT2D eigenvalue weighted by Gasteiger charge is 2.26. The fraction of sp³-hybridized carbons (Fsp3) is 0.333. The molecule has 0 aliphatic heterocycles. The third kappa shape index (κ3) is 4.02. The first-order valence-corrected chi connectivity index (χ1v) is 5.72. The summed E-state index contributed by atoms with van der Waals surface area (Å²) in [4.78, 5) is 33.2. The lowest BCUT2D eigenvalue weighted by Crippen LogP contribution is -2.32. The largest absolute Gasteiger partial charge is 0.481 e. The Morgan fingerprint density at radius 2 is 2.05 bits per heavy atom. The molecule has 0 aromatic heterocycles. The van der Waals surface area contributed by atoms with Gasteiger partial charge in [0.1, 0.15) is 6.04 Å². The van der Waals surface area contributed by atoms with E-state index in [1.54, 1.807) is 0 Å². The van der Waals surface area contributed by atoms with Crippen LogP contribution in [0.5, 0.6) is 0 Å². The summed E-state index contributed by atoms with van der Waals surface area (Å²) in [5.74, 6) is -2.24. The van der Waals surface area contributed by atoms with Gasteiger partial charge in [0.15, 0.2) is 0 Å². The fourth-order valence-electron chi connectivity index (χ4n) is 1.80. The number of rotatable bonds is 7. The zero-order chi connectivity index (χ0) is 15.3. The van der Waals surface area contributed by atoms with Crippen molar-refractivity contribution < 1.29 is 24.7 Å². The van der Waals surface area contributed by atoms with Crippen LogP contribution in [0.15, 0.2) is 24.3 Å². The van der Waals surface area contributed by atoms with E-state index in [9.17, 15) is 24.8 Å². The lowest BCUT2D eigenvalue weighted by Gasteiger charge is -2.24. The van der Waals surface area contributed by atoms with Crippen molar-refractivity contribution in [1.29, 1.82) is 0 Å². The van der Waals surface area contributed by atoms with Crippen LogP contribution in [0.2, 0.25) is 0 Å². The van der Waals surface area contributed by atoms with E-state index in [4.69, 9.17) is 5.11 Å². The van der Waals surface area contributed by atoms with Crippen LogP contribution in [-0.2, 0) is 9.59 Å². The SMILES string of the molecule is CN(CCC(=O)O)C(C(=O)O)c1cccc([N+](=O)[O-])c1. The van der Waals surface area contributed by atoms with Gasteiger partial charge in [-0.3, -0.25) is 24.6 Å². The number of carbonyl (C=O) groups is 2. The van der Waals surface area contributed by atoms with Crippen molar-refractivity contribution in [2.45, 2.75) is 12.5 Å². The van der Waals surface area contributed by atoms with Crippen LogP contribution in [0, 0.1) is 10.1 Å². The Labute approximate surface area is 114 Å². The van der Waals surface area contributed by atoms with Crippen LogP contribution < -0.4 is 0 Å². The van der Waals surface area contributed by atoms with E-state index in [0.717, 1.165) is 0 Å².